The molecule has 0 unspecified atom stereocenters. The molecule has 2 aromatic rings. The lowest BCUT2D eigenvalue weighted by atomic mass is 10.1. The predicted octanol–water partition coefficient (Wildman–Crippen LogP) is 2.49. The first-order valence-corrected chi connectivity index (χ1v) is 4.91. The molecule has 0 fully saturated rings. The second-order valence-electron chi connectivity index (χ2n) is 2.83. The average molecular weight is 250 g/mol. The molecule has 0 radical (unpaired) electrons. The van der Waals surface area contributed by atoms with Crippen molar-refractivity contribution < 1.29 is 0 Å². The number of halogens is 1. The summed E-state index contributed by atoms with van der Waals surface area (Å²) in [6, 6.07) is 11.3. The first kappa shape index (κ1) is 9.15. The molecule has 0 saturated carbocycles. The van der Waals surface area contributed by atoms with Crippen molar-refractivity contribution in [2.75, 3.05) is 5.73 Å². The third-order valence-corrected chi connectivity index (χ3v) is 2.29. The van der Waals surface area contributed by atoms with E-state index in [0.717, 1.165) is 15.9 Å². The van der Waals surface area contributed by atoms with Crippen molar-refractivity contribution in [3.8, 4) is 11.3 Å². The minimum atomic E-state index is 0.712. The molecule has 2 rings (SSSR count). The quantitative estimate of drug-likeness (QED) is 0.791. The Morgan fingerprint density at radius 3 is 2.43 bits per heavy atom. The lowest BCUT2D eigenvalue weighted by Gasteiger charge is -2.02. The fraction of sp³-hybridized carbons (Fsp3) is 0. The van der Waals surface area contributed by atoms with E-state index in [2.05, 4.69) is 26.1 Å². The zero-order valence-corrected chi connectivity index (χ0v) is 8.90. The van der Waals surface area contributed by atoms with Crippen molar-refractivity contribution in [3.05, 3.63) is 41.0 Å². The monoisotopic (exact) mass is 249 g/mol. The maximum absolute atomic E-state index is 5.81. The molecule has 14 heavy (non-hydrogen) atoms. The van der Waals surface area contributed by atoms with Crippen LogP contribution in [0, 0.1) is 0 Å². The molecule has 1 aromatic carbocycles. The minimum Gasteiger partial charge on any atom is -0.398 e. The molecule has 1 aromatic heterocycles. The summed E-state index contributed by atoms with van der Waals surface area (Å²) in [5.74, 6) is 0. The van der Waals surface area contributed by atoms with Gasteiger partial charge in [-0.2, -0.15) is 0 Å². The molecule has 1 heterocycles. The van der Waals surface area contributed by atoms with Crippen molar-refractivity contribution in [2.24, 2.45) is 0 Å². The number of aromatic nitrogens is 2. The summed E-state index contributed by atoms with van der Waals surface area (Å²) >= 11 is 3.23. The molecule has 0 aliphatic heterocycles. The lowest BCUT2D eigenvalue weighted by Crippen LogP contribution is -1.92. The highest BCUT2D eigenvalue weighted by molar-refractivity contribution is 9.10. The molecular weight excluding hydrogens is 242 g/mol. The number of hydrogen-bond acceptors (Lipinski definition) is 3. The Bertz CT molecular complexity index is 439. The fourth-order valence-electron chi connectivity index (χ4n) is 1.19. The van der Waals surface area contributed by atoms with Gasteiger partial charge in [0.1, 0.15) is 4.60 Å². The highest BCUT2D eigenvalue weighted by Crippen LogP contribution is 2.23. The van der Waals surface area contributed by atoms with Crippen molar-refractivity contribution >= 4 is 21.6 Å². The largest absolute Gasteiger partial charge is 0.398 e. The lowest BCUT2D eigenvalue weighted by molar-refractivity contribution is 1.01. The van der Waals surface area contributed by atoms with Crippen molar-refractivity contribution in [1.82, 2.24) is 10.2 Å². The van der Waals surface area contributed by atoms with Crippen molar-refractivity contribution in [1.29, 1.82) is 0 Å². The summed E-state index contributed by atoms with van der Waals surface area (Å²) in [5, 5.41) is 7.94. The number of anilines is 1. The van der Waals surface area contributed by atoms with Crippen LogP contribution in [0.2, 0.25) is 0 Å². The molecule has 3 nitrogen and oxygen atoms in total. The highest BCUT2D eigenvalue weighted by Gasteiger charge is 2.02. The van der Waals surface area contributed by atoms with Crippen LogP contribution in [0.25, 0.3) is 11.3 Å². The van der Waals surface area contributed by atoms with Crippen LogP contribution in [0.3, 0.4) is 0 Å². The van der Waals surface area contributed by atoms with Gasteiger partial charge in [0, 0.05) is 11.3 Å². The maximum Gasteiger partial charge on any atom is 0.128 e. The molecule has 0 aliphatic carbocycles. The summed E-state index contributed by atoms with van der Waals surface area (Å²) in [5.41, 5.74) is 8.22. The van der Waals surface area contributed by atoms with Gasteiger partial charge in [0.05, 0.1) is 5.69 Å². The summed E-state index contributed by atoms with van der Waals surface area (Å²) in [6.45, 7) is 0. The Kier molecular flexibility index (Phi) is 2.45. The molecule has 2 N–H and O–H groups in total. The van der Waals surface area contributed by atoms with E-state index in [-0.39, 0.29) is 0 Å². The van der Waals surface area contributed by atoms with Crippen LogP contribution in [-0.4, -0.2) is 10.2 Å². The number of nitrogen functional groups attached to an aromatic ring is 1. The number of benzene rings is 1. The molecule has 0 atom stereocenters. The van der Waals surface area contributed by atoms with Crippen LogP contribution in [0.1, 0.15) is 0 Å². The molecule has 0 spiro atoms. The third kappa shape index (κ3) is 1.75. The van der Waals surface area contributed by atoms with E-state index in [1.807, 2.05) is 36.4 Å². The van der Waals surface area contributed by atoms with E-state index in [1.54, 1.807) is 0 Å². The van der Waals surface area contributed by atoms with Crippen molar-refractivity contribution in [2.45, 2.75) is 0 Å². The number of nitrogens with zero attached hydrogens (tertiary/aromatic N) is 2. The molecule has 70 valence electrons. The van der Waals surface area contributed by atoms with E-state index >= 15 is 0 Å². The Hall–Kier alpha value is -1.42. The fourth-order valence-corrected chi connectivity index (χ4v) is 1.40. The molecular formula is C10H8BrN3. The summed E-state index contributed by atoms with van der Waals surface area (Å²) in [7, 11) is 0. The first-order chi connectivity index (χ1) is 6.77. The third-order valence-electron chi connectivity index (χ3n) is 1.87. The van der Waals surface area contributed by atoms with Crippen LogP contribution in [0.15, 0.2) is 41.0 Å². The van der Waals surface area contributed by atoms with E-state index in [4.69, 9.17) is 5.73 Å². The van der Waals surface area contributed by atoms with Gasteiger partial charge in [0.2, 0.25) is 0 Å². The van der Waals surface area contributed by atoms with Gasteiger partial charge in [-0.3, -0.25) is 0 Å². The van der Waals surface area contributed by atoms with E-state index in [0.29, 0.717) is 5.69 Å². The SMILES string of the molecule is Nc1ccccc1-c1ccc(Br)nn1. The topological polar surface area (TPSA) is 51.8 Å². The van der Waals surface area contributed by atoms with Gasteiger partial charge < -0.3 is 5.73 Å². The number of nitrogens with two attached hydrogens (primary N) is 1. The van der Waals surface area contributed by atoms with Crippen LogP contribution in [-0.2, 0) is 0 Å². The smallest absolute Gasteiger partial charge is 0.128 e. The van der Waals surface area contributed by atoms with Crippen molar-refractivity contribution in [3.63, 3.8) is 0 Å². The van der Waals surface area contributed by atoms with Gasteiger partial charge in [0.15, 0.2) is 0 Å². The number of hydrogen-bond donors (Lipinski definition) is 1. The average Bonchev–Trinajstić information content (AvgIpc) is 2.20. The van der Waals surface area contributed by atoms with E-state index in [1.165, 1.54) is 0 Å². The Labute approximate surface area is 90.1 Å². The Morgan fingerprint density at radius 2 is 1.79 bits per heavy atom. The summed E-state index contributed by atoms with van der Waals surface area (Å²) < 4.78 is 0.718. The Balaban J connectivity index is 2.50. The van der Waals surface area contributed by atoms with Gasteiger partial charge in [-0.1, -0.05) is 18.2 Å². The zero-order valence-electron chi connectivity index (χ0n) is 7.31. The van der Waals surface area contributed by atoms with E-state index in [9.17, 15) is 0 Å². The number of para-hydroxylation sites is 1. The Morgan fingerprint density at radius 1 is 1.00 bits per heavy atom. The van der Waals surface area contributed by atoms with Crippen LogP contribution >= 0.6 is 15.9 Å². The second-order valence-corrected chi connectivity index (χ2v) is 3.64. The predicted molar refractivity (Wildman–Crippen MR) is 59.6 cm³/mol. The minimum absolute atomic E-state index is 0.712. The molecule has 0 aliphatic rings. The normalized spacial score (nSPS) is 10.1. The van der Waals surface area contributed by atoms with E-state index < -0.39 is 0 Å². The maximum atomic E-state index is 5.81. The molecule has 0 amide bonds. The van der Waals surface area contributed by atoms with Gasteiger partial charge in [-0.05, 0) is 34.1 Å². The summed E-state index contributed by atoms with van der Waals surface area (Å²) in [4.78, 5) is 0. The number of rotatable bonds is 1. The van der Waals surface area contributed by atoms with Crippen LogP contribution in [0.4, 0.5) is 5.69 Å². The molecule has 0 bridgehead atoms. The van der Waals surface area contributed by atoms with Crippen LogP contribution in [0.5, 0.6) is 0 Å². The van der Waals surface area contributed by atoms with Gasteiger partial charge in [-0.15, -0.1) is 10.2 Å². The summed E-state index contributed by atoms with van der Waals surface area (Å²) in [6.07, 6.45) is 0. The zero-order chi connectivity index (χ0) is 9.97. The van der Waals surface area contributed by atoms with Gasteiger partial charge in [0.25, 0.3) is 0 Å². The second kappa shape index (κ2) is 3.75. The molecule has 0 saturated heterocycles. The molecule has 4 heteroatoms. The van der Waals surface area contributed by atoms with Crippen LogP contribution < -0.4 is 5.73 Å². The van der Waals surface area contributed by atoms with Gasteiger partial charge in [-0.25, -0.2) is 0 Å². The van der Waals surface area contributed by atoms with Gasteiger partial charge >= 0.3 is 0 Å². The standard InChI is InChI=1S/C10H8BrN3/c11-10-6-5-9(13-14-10)7-3-1-2-4-8(7)12/h1-6H,12H2. The highest BCUT2D eigenvalue weighted by atomic mass is 79.9. The first-order valence-electron chi connectivity index (χ1n) is 4.11.